The Morgan fingerprint density at radius 2 is 1.55 bits per heavy atom. The van der Waals surface area contributed by atoms with Crippen molar-refractivity contribution >= 4 is 26.8 Å². The standard InChI is InChI=1S/C23H31N3O4S/c1-2-24-17-20(23(28)25-12-6-3-4-7-13-25)22(27)19-16-18(10-11-21(19)24)31(29,30)26-14-8-5-9-15-26/h10-11,16-17H,2-9,12-15H2,1H3. The van der Waals surface area contributed by atoms with Crippen molar-refractivity contribution in [3.05, 3.63) is 40.2 Å². The number of pyridine rings is 1. The van der Waals surface area contributed by atoms with Crippen LogP contribution in [0.15, 0.2) is 34.1 Å². The van der Waals surface area contributed by atoms with Crippen molar-refractivity contribution in [3.8, 4) is 0 Å². The van der Waals surface area contributed by atoms with E-state index in [0.717, 1.165) is 44.9 Å². The van der Waals surface area contributed by atoms with Crippen LogP contribution in [-0.4, -0.2) is 54.3 Å². The Labute approximate surface area is 183 Å². The van der Waals surface area contributed by atoms with Crippen LogP contribution in [0.3, 0.4) is 0 Å². The average molecular weight is 446 g/mol. The van der Waals surface area contributed by atoms with Gasteiger partial charge in [0.1, 0.15) is 5.56 Å². The first kappa shape index (κ1) is 22.0. The molecule has 0 radical (unpaired) electrons. The average Bonchev–Trinajstić information content (AvgIpc) is 3.09. The van der Waals surface area contributed by atoms with Crippen LogP contribution in [0.2, 0.25) is 0 Å². The summed E-state index contributed by atoms with van der Waals surface area (Å²) in [5.74, 6) is -0.250. The lowest BCUT2D eigenvalue weighted by atomic mass is 10.1. The zero-order valence-corrected chi connectivity index (χ0v) is 19.0. The highest BCUT2D eigenvalue weighted by Gasteiger charge is 2.27. The molecule has 8 heteroatoms. The van der Waals surface area contributed by atoms with E-state index in [0.29, 0.717) is 43.6 Å². The van der Waals surface area contributed by atoms with Gasteiger partial charge >= 0.3 is 0 Å². The molecular weight excluding hydrogens is 414 g/mol. The summed E-state index contributed by atoms with van der Waals surface area (Å²) in [4.78, 5) is 28.4. The Kier molecular flexibility index (Phi) is 6.48. The molecule has 3 heterocycles. The third-order valence-electron chi connectivity index (χ3n) is 6.47. The third-order valence-corrected chi connectivity index (χ3v) is 8.36. The van der Waals surface area contributed by atoms with Crippen molar-refractivity contribution in [3.63, 3.8) is 0 Å². The lowest BCUT2D eigenvalue weighted by Gasteiger charge is -2.26. The van der Waals surface area contributed by atoms with Crippen LogP contribution in [-0.2, 0) is 16.6 Å². The fraction of sp³-hybridized carbons (Fsp3) is 0.565. The number of nitrogens with zero attached hydrogens (tertiary/aromatic N) is 3. The van der Waals surface area contributed by atoms with Crippen molar-refractivity contribution in [1.29, 1.82) is 0 Å². The predicted molar refractivity (Wildman–Crippen MR) is 121 cm³/mol. The number of amides is 1. The summed E-state index contributed by atoms with van der Waals surface area (Å²) in [6, 6.07) is 4.73. The molecule has 2 aromatic rings. The summed E-state index contributed by atoms with van der Waals surface area (Å²) in [6.07, 6.45) is 8.45. The lowest BCUT2D eigenvalue weighted by molar-refractivity contribution is 0.0759. The molecule has 2 aliphatic rings. The molecule has 2 aliphatic heterocycles. The molecule has 0 aliphatic carbocycles. The summed E-state index contributed by atoms with van der Waals surface area (Å²) >= 11 is 0. The van der Waals surface area contributed by atoms with Crippen LogP contribution < -0.4 is 5.43 Å². The fourth-order valence-corrected chi connectivity index (χ4v) is 6.19. The van der Waals surface area contributed by atoms with Gasteiger partial charge < -0.3 is 9.47 Å². The maximum Gasteiger partial charge on any atom is 0.259 e. The van der Waals surface area contributed by atoms with E-state index in [9.17, 15) is 18.0 Å². The highest BCUT2D eigenvalue weighted by Crippen LogP contribution is 2.24. The minimum Gasteiger partial charge on any atom is -0.347 e. The lowest BCUT2D eigenvalue weighted by Crippen LogP contribution is -2.36. The first-order valence-corrected chi connectivity index (χ1v) is 12.8. The van der Waals surface area contributed by atoms with Crippen molar-refractivity contribution in [2.24, 2.45) is 0 Å². The van der Waals surface area contributed by atoms with Gasteiger partial charge in [-0.25, -0.2) is 8.42 Å². The molecule has 0 N–H and O–H groups in total. The van der Waals surface area contributed by atoms with Crippen molar-refractivity contribution in [1.82, 2.24) is 13.8 Å². The number of hydrogen-bond donors (Lipinski definition) is 0. The van der Waals surface area contributed by atoms with Crippen LogP contribution >= 0.6 is 0 Å². The monoisotopic (exact) mass is 445 g/mol. The quantitative estimate of drug-likeness (QED) is 0.724. The molecular formula is C23H31N3O4S. The van der Waals surface area contributed by atoms with Crippen LogP contribution in [0.5, 0.6) is 0 Å². The number of rotatable bonds is 4. The van der Waals surface area contributed by atoms with Gasteiger partial charge in [-0.05, 0) is 50.8 Å². The Hall–Kier alpha value is -2.19. The van der Waals surface area contributed by atoms with Gasteiger partial charge in [-0.15, -0.1) is 0 Å². The Balaban J connectivity index is 1.80. The molecule has 168 valence electrons. The Morgan fingerprint density at radius 3 is 2.19 bits per heavy atom. The predicted octanol–water partition coefficient (Wildman–Crippen LogP) is 3.21. The number of benzene rings is 1. The SMILES string of the molecule is CCn1cc(C(=O)N2CCCCCC2)c(=O)c2cc(S(=O)(=O)N3CCCCC3)ccc21. The topological polar surface area (TPSA) is 79.7 Å². The van der Waals surface area contributed by atoms with Gasteiger partial charge in [0.15, 0.2) is 0 Å². The third kappa shape index (κ3) is 4.28. The number of carbonyl (C=O) groups excluding carboxylic acids is 1. The van der Waals surface area contributed by atoms with Crippen LogP contribution in [0.25, 0.3) is 10.9 Å². The van der Waals surface area contributed by atoms with Gasteiger partial charge in [0, 0.05) is 44.3 Å². The summed E-state index contributed by atoms with van der Waals surface area (Å²) in [5, 5.41) is 0.292. The molecule has 2 saturated heterocycles. The molecule has 0 bridgehead atoms. The van der Waals surface area contributed by atoms with E-state index >= 15 is 0 Å². The molecule has 0 spiro atoms. The first-order valence-electron chi connectivity index (χ1n) is 11.4. The number of aryl methyl sites for hydroxylation is 1. The maximum atomic E-state index is 13.4. The summed E-state index contributed by atoms with van der Waals surface area (Å²) < 4.78 is 29.6. The molecule has 2 fully saturated rings. The van der Waals surface area contributed by atoms with Gasteiger partial charge in [0.25, 0.3) is 5.91 Å². The molecule has 1 amide bonds. The summed E-state index contributed by atoms with van der Waals surface area (Å²) in [6.45, 7) is 4.86. The van der Waals surface area contributed by atoms with E-state index in [1.54, 1.807) is 23.2 Å². The van der Waals surface area contributed by atoms with Gasteiger partial charge in [-0.1, -0.05) is 19.3 Å². The van der Waals surface area contributed by atoms with E-state index in [1.165, 1.54) is 10.4 Å². The van der Waals surface area contributed by atoms with Gasteiger partial charge in [-0.2, -0.15) is 4.31 Å². The summed E-state index contributed by atoms with van der Waals surface area (Å²) in [5.41, 5.74) is 0.394. The molecule has 1 aromatic carbocycles. The van der Waals surface area contributed by atoms with Crippen LogP contribution in [0.1, 0.15) is 62.2 Å². The van der Waals surface area contributed by atoms with E-state index in [1.807, 2.05) is 11.5 Å². The molecule has 0 unspecified atom stereocenters. The number of fused-ring (bicyclic) bond motifs is 1. The van der Waals surface area contributed by atoms with Gasteiger partial charge in [0.2, 0.25) is 15.5 Å². The molecule has 1 aromatic heterocycles. The highest BCUT2D eigenvalue weighted by molar-refractivity contribution is 7.89. The highest BCUT2D eigenvalue weighted by atomic mass is 32.2. The molecule has 0 atom stereocenters. The van der Waals surface area contributed by atoms with Crippen LogP contribution in [0.4, 0.5) is 0 Å². The van der Waals surface area contributed by atoms with Gasteiger partial charge in [-0.3, -0.25) is 9.59 Å². The van der Waals surface area contributed by atoms with Gasteiger partial charge in [0.05, 0.1) is 10.4 Å². The smallest absolute Gasteiger partial charge is 0.259 e. The van der Waals surface area contributed by atoms with E-state index in [4.69, 9.17) is 0 Å². The first-order chi connectivity index (χ1) is 14.9. The largest absolute Gasteiger partial charge is 0.347 e. The minimum absolute atomic E-state index is 0.126. The molecule has 7 nitrogen and oxygen atoms in total. The number of aromatic nitrogens is 1. The number of piperidine rings is 1. The molecule has 4 rings (SSSR count). The second-order valence-corrected chi connectivity index (χ2v) is 10.4. The number of likely N-dealkylation sites (tertiary alicyclic amines) is 1. The summed E-state index contributed by atoms with van der Waals surface area (Å²) in [7, 11) is -3.66. The Bertz CT molecular complexity index is 1130. The number of carbonyl (C=O) groups is 1. The normalized spacial score (nSPS) is 18.8. The van der Waals surface area contributed by atoms with Crippen LogP contribution in [0, 0.1) is 0 Å². The minimum atomic E-state index is -3.66. The second kappa shape index (κ2) is 9.12. The zero-order chi connectivity index (χ0) is 22.0. The van der Waals surface area contributed by atoms with Crippen molar-refractivity contribution in [2.45, 2.75) is 63.3 Å². The molecule has 31 heavy (non-hydrogen) atoms. The maximum absolute atomic E-state index is 13.4. The number of hydrogen-bond acceptors (Lipinski definition) is 4. The van der Waals surface area contributed by atoms with Crippen molar-refractivity contribution < 1.29 is 13.2 Å². The van der Waals surface area contributed by atoms with E-state index in [-0.39, 0.29) is 21.8 Å². The fourth-order valence-electron chi connectivity index (χ4n) is 4.65. The van der Waals surface area contributed by atoms with E-state index in [2.05, 4.69) is 0 Å². The zero-order valence-electron chi connectivity index (χ0n) is 18.2. The molecule has 0 saturated carbocycles. The van der Waals surface area contributed by atoms with E-state index < -0.39 is 10.0 Å². The van der Waals surface area contributed by atoms with Crippen molar-refractivity contribution in [2.75, 3.05) is 26.2 Å². The second-order valence-electron chi connectivity index (χ2n) is 8.51. The number of sulfonamides is 1. The Morgan fingerprint density at radius 1 is 0.935 bits per heavy atom.